The summed E-state index contributed by atoms with van der Waals surface area (Å²) >= 11 is 0. The van der Waals surface area contributed by atoms with Gasteiger partial charge in [0.2, 0.25) is 0 Å². The van der Waals surface area contributed by atoms with Crippen LogP contribution in [0.5, 0.6) is 5.75 Å². The van der Waals surface area contributed by atoms with E-state index in [-0.39, 0.29) is 16.9 Å². The number of ether oxygens (including phenoxy) is 2. The van der Waals surface area contributed by atoms with Crippen molar-refractivity contribution >= 4 is 11.9 Å². The molecule has 0 atom stereocenters. The van der Waals surface area contributed by atoms with E-state index >= 15 is 0 Å². The summed E-state index contributed by atoms with van der Waals surface area (Å²) in [6.07, 6.45) is 7.68. The number of esters is 1. The number of aromatic carboxylic acids is 1. The molecule has 2 aromatic carbocycles. The van der Waals surface area contributed by atoms with E-state index in [0.717, 1.165) is 36.1 Å². The lowest BCUT2D eigenvalue weighted by Gasteiger charge is -2.57. The van der Waals surface area contributed by atoms with E-state index in [4.69, 9.17) is 9.47 Å². The maximum atomic E-state index is 12.3. The molecule has 5 heteroatoms. The summed E-state index contributed by atoms with van der Waals surface area (Å²) in [5, 5.41) is 10.1. The van der Waals surface area contributed by atoms with Crippen molar-refractivity contribution in [2.75, 3.05) is 13.2 Å². The van der Waals surface area contributed by atoms with Crippen LogP contribution in [0.15, 0.2) is 42.5 Å². The second kappa shape index (κ2) is 9.77. The quantitative estimate of drug-likeness (QED) is 0.323. The summed E-state index contributed by atoms with van der Waals surface area (Å²) in [7, 11) is 0. The van der Waals surface area contributed by atoms with Gasteiger partial charge in [-0.2, -0.15) is 0 Å². The predicted octanol–water partition coefficient (Wildman–Crippen LogP) is 5.58. The number of hydrogen-bond donors (Lipinski definition) is 1. The van der Waals surface area contributed by atoms with Crippen LogP contribution in [-0.2, 0) is 14.9 Å². The fraction of sp³-hybridized carbons (Fsp3) is 0.467. The Balaban J connectivity index is 1.58. The van der Waals surface area contributed by atoms with Crippen LogP contribution in [0, 0.1) is 29.6 Å². The fourth-order valence-electron chi connectivity index (χ4n) is 7.07. The zero-order valence-corrected chi connectivity index (χ0v) is 20.2. The summed E-state index contributed by atoms with van der Waals surface area (Å²) in [4.78, 5) is 23.4. The average Bonchev–Trinajstić information content (AvgIpc) is 2.81. The lowest BCUT2D eigenvalue weighted by atomic mass is 9.47. The Labute approximate surface area is 206 Å². The molecule has 0 aromatic heterocycles. The Morgan fingerprint density at radius 2 is 1.60 bits per heavy atom. The highest BCUT2D eigenvalue weighted by atomic mass is 16.5. The lowest BCUT2D eigenvalue weighted by molar-refractivity contribution is -0.141. The fourth-order valence-corrected chi connectivity index (χ4v) is 7.07. The summed E-state index contributed by atoms with van der Waals surface area (Å²) in [6.45, 7) is 2.09. The minimum absolute atomic E-state index is 0.0911. The van der Waals surface area contributed by atoms with E-state index in [1.165, 1.54) is 26.2 Å². The molecule has 0 spiro atoms. The number of carbonyl (C=O) groups excluding carboxylic acids is 1. The van der Waals surface area contributed by atoms with Gasteiger partial charge in [0.15, 0.2) is 0 Å². The van der Waals surface area contributed by atoms with E-state index in [1.54, 1.807) is 6.07 Å². The molecule has 4 bridgehead atoms. The van der Waals surface area contributed by atoms with Crippen LogP contribution in [0.4, 0.5) is 0 Å². The zero-order chi connectivity index (χ0) is 24.4. The number of rotatable bonds is 7. The van der Waals surface area contributed by atoms with Gasteiger partial charge >= 0.3 is 11.9 Å². The molecule has 4 aliphatic carbocycles. The molecule has 0 saturated heterocycles. The molecule has 4 saturated carbocycles. The van der Waals surface area contributed by atoms with E-state index in [2.05, 4.69) is 11.8 Å². The van der Waals surface area contributed by atoms with Gasteiger partial charge in [0, 0.05) is 35.4 Å². The highest BCUT2D eigenvalue weighted by molar-refractivity contribution is 5.92. The van der Waals surface area contributed by atoms with E-state index < -0.39 is 5.97 Å². The van der Waals surface area contributed by atoms with Crippen LogP contribution in [-0.4, -0.2) is 30.3 Å². The molecule has 1 N–H and O–H groups in total. The summed E-state index contributed by atoms with van der Waals surface area (Å²) in [6, 6.07) is 13.1. The third-order valence-corrected chi connectivity index (χ3v) is 7.92. The minimum atomic E-state index is -0.963. The van der Waals surface area contributed by atoms with Crippen molar-refractivity contribution < 1.29 is 24.2 Å². The summed E-state index contributed by atoms with van der Waals surface area (Å²) in [5.41, 5.74) is 2.60. The summed E-state index contributed by atoms with van der Waals surface area (Å²) < 4.78 is 11.3. The maximum absolute atomic E-state index is 12.3. The predicted molar refractivity (Wildman–Crippen MR) is 132 cm³/mol. The van der Waals surface area contributed by atoms with Crippen molar-refractivity contribution in [1.82, 2.24) is 0 Å². The van der Waals surface area contributed by atoms with Gasteiger partial charge in [-0.25, -0.2) is 4.79 Å². The SMILES string of the molecule is CC(=O)OCCCOc1ccc(C(=O)O)c(C#Cc2ccccc2)c1C12CC3CC(CC(C3)C1)C2. The molecule has 5 nitrogen and oxygen atoms in total. The second-order valence-corrected chi connectivity index (χ2v) is 10.5. The highest BCUT2D eigenvalue weighted by Gasteiger charge is 2.53. The Kier molecular flexibility index (Phi) is 6.56. The maximum Gasteiger partial charge on any atom is 0.336 e. The van der Waals surface area contributed by atoms with Crippen LogP contribution in [0.25, 0.3) is 0 Å². The van der Waals surface area contributed by atoms with Crippen molar-refractivity contribution in [3.05, 3.63) is 64.7 Å². The van der Waals surface area contributed by atoms with Gasteiger partial charge < -0.3 is 14.6 Å². The first-order chi connectivity index (χ1) is 16.9. The average molecular weight is 473 g/mol. The smallest absolute Gasteiger partial charge is 0.336 e. The van der Waals surface area contributed by atoms with Gasteiger partial charge in [0.05, 0.1) is 18.8 Å². The molecule has 0 amide bonds. The minimum Gasteiger partial charge on any atom is -0.493 e. The van der Waals surface area contributed by atoms with Crippen LogP contribution in [0.1, 0.15) is 78.9 Å². The molecule has 0 unspecified atom stereocenters. The van der Waals surface area contributed by atoms with Crippen LogP contribution in [0.2, 0.25) is 0 Å². The Hall–Kier alpha value is -3.26. The molecule has 4 aliphatic rings. The van der Waals surface area contributed by atoms with Crippen molar-refractivity contribution in [1.29, 1.82) is 0 Å². The molecule has 6 rings (SSSR count). The summed E-state index contributed by atoms with van der Waals surface area (Å²) in [5.74, 6) is 8.06. The van der Waals surface area contributed by atoms with Gasteiger partial charge in [-0.3, -0.25) is 4.79 Å². The number of carboxylic acid groups (broad SMARTS) is 1. The van der Waals surface area contributed by atoms with E-state index in [1.807, 2.05) is 36.4 Å². The molecular weight excluding hydrogens is 440 g/mol. The van der Waals surface area contributed by atoms with Gasteiger partial charge in [-0.05, 0) is 80.5 Å². The third-order valence-electron chi connectivity index (χ3n) is 7.92. The second-order valence-electron chi connectivity index (χ2n) is 10.5. The number of hydrogen-bond acceptors (Lipinski definition) is 4. The van der Waals surface area contributed by atoms with Gasteiger partial charge in [-0.1, -0.05) is 30.0 Å². The Bertz CT molecular complexity index is 1140. The zero-order valence-electron chi connectivity index (χ0n) is 20.2. The molecule has 4 fully saturated rings. The van der Waals surface area contributed by atoms with E-state index in [0.29, 0.717) is 43.0 Å². The first-order valence-corrected chi connectivity index (χ1v) is 12.7. The van der Waals surface area contributed by atoms with Crippen molar-refractivity contribution in [2.24, 2.45) is 17.8 Å². The first-order valence-electron chi connectivity index (χ1n) is 12.7. The number of carboxylic acids is 1. The highest BCUT2D eigenvalue weighted by Crippen LogP contribution is 2.62. The third kappa shape index (κ3) is 4.93. The van der Waals surface area contributed by atoms with Gasteiger partial charge in [0.1, 0.15) is 5.75 Å². The topological polar surface area (TPSA) is 72.8 Å². The van der Waals surface area contributed by atoms with E-state index in [9.17, 15) is 14.7 Å². The molecule has 0 heterocycles. The molecule has 0 radical (unpaired) electrons. The van der Waals surface area contributed by atoms with Crippen molar-refractivity contribution in [3.8, 4) is 17.6 Å². The monoisotopic (exact) mass is 472 g/mol. The van der Waals surface area contributed by atoms with Crippen LogP contribution < -0.4 is 4.74 Å². The largest absolute Gasteiger partial charge is 0.493 e. The van der Waals surface area contributed by atoms with Crippen LogP contribution >= 0.6 is 0 Å². The molecule has 182 valence electrons. The molecule has 35 heavy (non-hydrogen) atoms. The number of carbonyl (C=O) groups is 2. The van der Waals surface area contributed by atoms with Crippen molar-refractivity contribution in [3.63, 3.8) is 0 Å². The number of benzene rings is 2. The molecule has 0 aliphatic heterocycles. The Morgan fingerprint density at radius 3 is 2.20 bits per heavy atom. The van der Waals surface area contributed by atoms with Crippen molar-refractivity contribution in [2.45, 2.75) is 57.3 Å². The van der Waals surface area contributed by atoms with Gasteiger partial charge in [0.25, 0.3) is 0 Å². The van der Waals surface area contributed by atoms with Crippen LogP contribution in [0.3, 0.4) is 0 Å². The lowest BCUT2D eigenvalue weighted by Crippen LogP contribution is -2.49. The molecular formula is C30H32O5. The molecule has 2 aromatic rings. The Morgan fingerprint density at radius 1 is 0.943 bits per heavy atom. The normalized spacial score (nSPS) is 26.0. The van der Waals surface area contributed by atoms with Gasteiger partial charge in [-0.15, -0.1) is 0 Å². The standard InChI is InChI=1S/C30H32O5/c1-20(31)34-12-5-13-35-27-11-10-26(29(32)33)25(9-8-21-6-3-2-4-7-21)28(27)30-17-22-14-23(18-30)16-24(15-22)19-30/h2-4,6-7,10-11,22-24H,5,12-19H2,1H3,(H,32,33). The first kappa shape index (κ1) is 23.5.